The lowest BCUT2D eigenvalue weighted by molar-refractivity contribution is 0.474. The first-order valence-electron chi connectivity index (χ1n) is 5.57. The van der Waals surface area contributed by atoms with E-state index in [1.807, 2.05) is 13.0 Å². The molecule has 2 nitrogen and oxygen atoms in total. The van der Waals surface area contributed by atoms with Gasteiger partial charge in [0.25, 0.3) is 0 Å². The van der Waals surface area contributed by atoms with Gasteiger partial charge in [0.2, 0.25) is 0 Å². The van der Waals surface area contributed by atoms with Crippen molar-refractivity contribution in [1.82, 2.24) is 0 Å². The first kappa shape index (κ1) is 12.9. The number of hydrogen-bond donors (Lipinski definition) is 2. The third kappa shape index (κ3) is 3.01. The average molecular weight is 310 g/mol. The highest BCUT2D eigenvalue weighted by Gasteiger charge is 2.08. The summed E-state index contributed by atoms with van der Waals surface area (Å²) in [6.07, 6.45) is 0. The molecule has 0 aromatic heterocycles. The van der Waals surface area contributed by atoms with Gasteiger partial charge in [0.05, 0.1) is 0 Å². The second-order valence-corrected chi connectivity index (χ2v) is 4.94. The van der Waals surface area contributed by atoms with Gasteiger partial charge in [-0.25, -0.2) is 4.39 Å². The molecule has 0 spiro atoms. The van der Waals surface area contributed by atoms with Crippen molar-refractivity contribution < 1.29 is 9.50 Å². The van der Waals surface area contributed by atoms with Crippen LogP contribution in [0.3, 0.4) is 0 Å². The molecular weight excluding hydrogens is 297 g/mol. The zero-order valence-electron chi connectivity index (χ0n) is 9.82. The molecule has 2 rings (SSSR count). The molecule has 0 aliphatic carbocycles. The Morgan fingerprint density at radius 2 is 2.00 bits per heavy atom. The minimum atomic E-state index is -0.280. The molecule has 0 saturated carbocycles. The fourth-order valence-electron chi connectivity index (χ4n) is 1.72. The topological polar surface area (TPSA) is 32.3 Å². The molecule has 2 N–H and O–H groups in total. The molecule has 0 saturated heterocycles. The van der Waals surface area contributed by atoms with Crippen LogP contribution in [0, 0.1) is 5.82 Å². The van der Waals surface area contributed by atoms with Crippen LogP contribution >= 0.6 is 15.9 Å². The van der Waals surface area contributed by atoms with Crippen LogP contribution in [-0.4, -0.2) is 5.11 Å². The number of halogens is 2. The van der Waals surface area contributed by atoms with Gasteiger partial charge in [-0.05, 0) is 58.7 Å². The van der Waals surface area contributed by atoms with Gasteiger partial charge < -0.3 is 10.4 Å². The van der Waals surface area contributed by atoms with Gasteiger partial charge in [0, 0.05) is 16.2 Å². The number of rotatable bonds is 3. The molecule has 4 heteroatoms. The standard InChI is InChI=1S/C14H13BrFNO/c1-9(10-3-2-4-12(18)7-10)17-14-6-5-11(16)8-13(14)15/h2-9,17-18H,1H3. The molecule has 0 radical (unpaired) electrons. The third-order valence-corrected chi connectivity index (χ3v) is 3.33. The van der Waals surface area contributed by atoms with E-state index in [-0.39, 0.29) is 17.6 Å². The van der Waals surface area contributed by atoms with Gasteiger partial charge in [-0.2, -0.15) is 0 Å². The minimum Gasteiger partial charge on any atom is -0.508 e. The van der Waals surface area contributed by atoms with Crippen molar-refractivity contribution in [2.24, 2.45) is 0 Å². The van der Waals surface area contributed by atoms with Crippen molar-refractivity contribution >= 4 is 21.6 Å². The second-order valence-electron chi connectivity index (χ2n) is 4.09. The molecule has 2 aromatic rings. The van der Waals surface area contributed by atoms with Crippen molar-refractivity contribution in [3.63, 3.8) is 0 Å². The fourth-order valence-corrected chi connectivity index (χ4v) is 2.18. The number of phenolic OH excluding ortho intramolecular Hbond substituents is 1. The van der Waals surface area contributed by atoms with Crippen molar-refractivity contribution in [3.05, 3.63) is 58.3 Å². The first-order chi connectivity index (χ1) is 8.56. The summed E-state index contributed by atoms with van der Waals surface area (Å²) in [6, 6.07) is 11.6. The van der Waals surface area contributed by atoms with E-state index in [1.54, 1.807) is 24.3 Å². The Morgan fingerprint density at radius 3 is 2.67 bits per heavy atom. The maximum absolute atomic E-state index is 13.0. The fraction of sp³-hybridized carbons (Fsp3) is 0.143. The molecule has 0 amide bonds. The Kier molecular flexibility index (Phi) is 3.87. The molecule has 18 heavy (non-hydrogen) atoms. The number of nitrogens with one attached hydrogen (secondary N) is 1. The quantitative estimate of drug-likeness (QED) is 0.877. The van der Waals surface area contributed by atoms with Gasteiger partial charge in [0.15, 0.2) is 0 Å². The van der Waals surface area contributed by atoms with Crippen molar-refractivity contribution in [1.29, 1.82) is 0 Å². The highest BCUT2D eigenvalue weighted by Crippen LogP contribution is 2.28. The van der Waals surface area contributed by atoms with Crippen LogP contribution in [0.1, 0.15) is 18.5 Å². The lowest BCUT2D eigenvalue weighted by Gasteiger charge is -2.17. The Balaban J connectivity index is 2.18. The summed E-state index contributed by atoms with van der Waals surface area (Å²) in [5.74, 6) is -0.0447. The lowest BCUT2D eigenvalue weighted by atomic mass is 10.1. The van der Waals surface area contributed by atoms with Gasteiger partial charge in [0.1, 0.15) is 11.6 Å². The molecule has 0 bridgehead atoms. The summed E-state index contributed by atoms with van der Waals surface area (Å²) in [5.41, 5.74) is 1.78. The third-order valence-electron chi connectivity index (χ3n) is 2.67. The van der Waals surface area contributed by atoms with E-state index < -0.39 is 0 Å². The van der Waals surface area contributed by atoms with Crippen LogP contribution in [0.5, 0.6) is 5.75 Å². The molecule has 1 unspecified atom stereocenters. The Labute approximate surface area is 114 Å². The van der Waals surface area contributed by atoms with Gasteiger partial charge in [-0.1, -0.05) is 12.1 Å². The summed E-state index contributed by atoms with van der Waals surface area (Å²) in [7, 11) is 0. The Morgan fingerprint density at radius 1 is 1.22 bits per heavy atom. The highest BCUT2D eigenvalue weighted by atomic mass is 79.9. The monoisotopic (exact) mass is 309 g/mol. The highest BCUT2D eigenvalue weighted by molar-refractivity contribution is 9.10. The van der Waals surface area contributed by atoms with Crippen molar-refractivity contribution in [3.8, 4) is 5.75 Å². The first-order valence-corrected chi connectivity index (χ1v) is 6.36. The number of anilines is 1. The summed E-state index contributed by atoms with van der Waals surface area (Å²) in [5, 5.41) is 12.7. The zero-order chi connectivity index (χ0) is 13.1. The van der Waals surface area contributed by atoms with Crippen LogP contribution in [-0.2, 0) is 0 Å². The molecule has 94 valence electrons. The molecule has 2 aromatic carbocycles. The van der Waals surface area contributed by atoms with Gasteiger partial charge in [-0.3, -0.25) is 0 Å². The summed E-state index contributed by atoms with van der Waals surface area (Å²) < 4.78 is 13.6. The lowest BCUT2D eigenvalue weighted by Crippen LogP contribution is -2.06. The largest absolute Gasteiger partial charge is 0.508 e. The number of aromatic hydroxyl groups is 1. The van der Waals surface area contributed by atoms with E-state index >= 15 is 0 Å². The van der Waals surface area contributed by atoms with Crippen molar-refractivity contribution in [2.75, 3.05) is 5.32 Å². The number of benzene rings is 2. The van der Waals surface area contributed by atoms with E-state index in [4.69, 9.17) is 0 Å². The smallest absolute Gasteiger partial charge is 0.124 e. The molecule has 1 atom stereocenters. The SMILES string of the molecule is CC(Nc1ccc(F)cc1Br)c1cccc(O)c1. The van der Waals surface area contributed by atoms with E-state index in [0.29, 0.717) is 4.47 Å². The Bertz CT molecular complexity index is 559. The summed E-state index contributed by atoms with van der Waals surface area (Å²) >= 11 is 3.31. The molecule has 0 heterocycles. The number of phenols is 1. The second kappa shape index (κ2) is 5.40. The number of hydrogen-bond acceptors (Lipinski definition) is 2. The van der Waals surface area contributed by atoms with Gasteiger partial charge in [-0.15, -0.1) is 0 Å². The average Bonchev–Trinajstić information content (AvgIpc) is 2.32. The Hall–Kier alpha value is -1.55. The van der Waals surface area contributed by atoms with Crippen LogP contribution in [0.15, 0.2) is 46.9 Å². The van der Waals surface area contributed by atoms with Crippen LogP contribution in [0.25, 0.3) is 0 Å². The maximum atomic E-state index is 13.0. The van der Waals surface area contributed by atoms with Crippen LogP contribution in [0.2, 0.25) is 0 Å². The van der Waals surface area contributed by atoms with E-state index in [1.165, 1.54) is 12.1 Å². The molecule has 0 aliphatic heterocycles. The van der Waals surface area contributed by atoms with Crippen LogP contribution in [0.4, 0.5) is 10.1 Å². The summed E-state index contributed by atoms with van der Waals surface area (Å²) in [4.78, 5) is 0. The molecule has 0 fully saturated rings. The predicted octanol–water partition coefficient (Wildman–Crippen LogP) is 4.47. The van der Waals surface area contributed by atoms with E-state index in [2.05, 4.69) is 21.2 Å². The van der Waals surface area contributed by atoms with Gasteiger partial charge >= 0.3 is 0 Å². The summed E-state index contributed by atoms with van der Waals surface area (Å²) in [6.45, 7) is 1.98. The van der Waals surface area contributed by atoms with E-state index in [9.17, 15) is 9.50 Å². The maximum Gasteiger partial charge on any atom is 0.124 e. The predicted molar refractivity (Wildman–Crippen MR) is 74.2 cm³/mol. The minimum absolute atomic E-state index is 0.0128. The molecular formula is C14H13BrFNO. The zero-order valence-corrected chi connectivity index (χ0v) is 11.4. The van der Waals surface area contributed by atoms with Crippen molar-refractivity contribution in [2.45, 2.75) is 13.0 Å². The molecule has 0 aliphatic rings. The normalized spacial score (nSPS) is 12.2. The van der Waals surface area contributed by atoms with E-state index in [0.717, 1.165) is 11.3 Å². The van der Waals surface area contributed by atoms with Crippen LogP contribution < -0.4 is 5.32 Å².